The van der Waals surface area contributed by atoms with Crippen LogP contribution < -0.4 is 0 Å². The minimum Gasteiger partial charge on any atom is -0.507 e. The zero-order valence-electron chi connectivity index (χ0n) is 25.9. The van der Waals surface area contributed by atoms with E-state index in [9.17, 15) is 19.8 Å². The summed E-state index contributed by atoms with van der Waals surface area (Å²) >= 11 is 0. The van der Waals surface area contributed by atoms with E-state index >= 15 is 0 Å². The zero-order chi connectivity index (χ0) is 31.5. The fourth-order valence-corrected chi connectivity index (χ4v) is 4.72. The summed E-state index contributed by atoms with van der Waals surface area (Å²) in [7, 11) is 3.30. The number of carbonyl (C=O) groups is 2. The first-order valence-electron chi connectivity index (χ1n) is 14.6. The van der Waals surface area contributed by atoms with Crippen LogP contribution in [0.3, 0.4) is 0 Å². The first kappa shape index (κ1) is 33.4. The number of aliphatic hydroxyl groups is 1. The minimum absolute atomic E-state index is 0.0353. The Hall–Kier alpha value is -4.11. The topological polar surface area (TPSA) is 122 Å². The molecule has 1 aromatic heterocycles. The number of oxazole rings is 1. The average Bonchev–Trinajstić information content (AvgIpc) is 3.45. The molecular formula is C34H44N2O7. The lowest BCUT2D eigenvalue weighted by Crippen LogP contribution is -2.37. The molecular weight excluding hydrogens is 548 g/mol. The van der Waals surface area contributed by atoms with E-state index < -0.39 is 18.2 Å². The molecule has 1 unspecified atom stereocenters. The second-order valence-corrected chi connectivity index (χ2v) is 11.1. The van der Waals surface area contributed by atoms with Crippen molar-refractivity contribution in [3.63, 3.8) is 0 Å². The Morgan fingerprint density at radius 1 is 1.16 bits per heavy atom. The summed E-state index contributed by atoms with van der Waals surface area (Å²) in [6, 6.07) is 3.35. The number of phenolic OH excluding ortho intramolecular Hbond substituents is 1. The summed E-state index contributed by atoms with van der Waals surface area (Å²) in [5.41, 5.74) is 1.69. The number of likely N-dealkylation sites (N-methyl/N-ethyl adjacent to an activating group) is 1. The van der Waals surface area contributed by atoms with Gasteiger partial charge in [-0.3, -0.25) is 4.79 Å². The van der Waals surface area contributed by atoms with Gasteiger partial charge in [0.05, 0.1) is 18.6 Å². The summed E-state index contributed by atoms with van der Waals surface area (Å²) in [6.07, 6.45) is 16.6. The van der Waals surface area contributed by atoms with Crippen LogP contribution >= 0.6 is 0 Å². The molecule has 2 aromatic rings. The number of aryl methyl sites for hydroxylation is 1. The molecule has 0 aliphatic carbocycles. The molecule has 2 heterocycles. The van der Waals surface area contributed by atoms with Crippen molar-refractivity contribution in [2.75, 3.05) is 20.7 Å². The summed E-state index contributed by atoms with van der Waals surface area (Å²) in [4.78, 5) is 30.8. The van der Waals surface area contributed by atoms with Crippen LogP contribution in [0.25, 0.3) is 0 Å². The molecule has 2 N–H and O–H groups in total. The molecule has 3 rings (SSSR count). The summed E-state index contributed by atoms with van der Waals surface area (Å²) in [5, 5.41) is 21.2. The number of ether oxygens (including phenoxy) is 2. The smallest absolute Gasteiger partial charge is 0.342 e. The number of amides is 1. The fourth-order valence-electron chi connectivity index (χ4n) is 4.72. The number of methoxy groups -OCH3 is 1. The van der Waals surface area contributed by atoms with Crippen LogP contribution in [-0.2, 0) is 20.7 Å². The number of aromatic nitrogens is 1. The average molecular weight is 593 g/mol. The SMILES string of the molecule is CO/C(C)=C/C(=O)N(C)C/C=C/CC/C=C\C=C/CC(C)c1nc(C[C@H](C)[C@@H]2OC(=O)c3c(ccc(C)c3O)[C@H]2O)co1. The van der Waals surface area contributed by atoms with Crippen molar-refractivity contribution in [1.82, 2.24) is 9.88 Å². The highest BCUT2D eigenvalue weighted by molar-refractivity contribution is 5.96. The molecule has 0 saturated heterocycles. The van der Waals surface area contributed by atoms with Gasteiger partial charge in [0, 0.05) is 37.1 Å². The zero-order valence-corrected chi connectivity index (χ0v) is 25.9. The highest BCUT2D eigenvalue weighted by Gasteiger charge is 2.39. The largest absolute Gasteiger partial charge is 0.507 e. The highest BCUT2D eigenvalue weighted by atomic mass is 16.6. The number of aliphatic hydroxyl groups excluding tert-OH is 1. The number of carbonyl (C=O) groups excluding carboxylic acids is 2. The first-order chi connectivity index (χ1) is 20.5. The van der Waals surface area contributed by atoms with Crippen LogP contribution in [-0.4, -0.2) is 58.8 Å². The third-order valence-corrected chi connectivity index (χ3v) is 7.52. The third kappa shape index (κ3) is 9.19. The molecule has 0 fully saturated rings. The number of esters is 1. The maximum Gasteiger partial charge on any atom is 0.342 e. The number of fused-ring (bicyclic) bond motifs is 1. The molecule has 0 bridgehead atoms. The van der Waals surface area contributed by atoms with Gasteiger partial charge in [0.1, 0.15) is 29.8 Å². The Bertz CT molecular complexity index is 1370. The molecule has 1 aliphatic rings. The van der Waals surface area contributed by atoms with Crippen molar-refractivity contribution in [2.45, 2.75) is 71.5 Å². The molecule has 1 amide bonds. The molecule has 9 heteroatoms. The van der Waals surface area contributed by atoms with Gasteiger partial charge < -0.3 is 29.0 Å². The summed E-state index contributed by atoms with van der Waals surface area (Å²) < 4.78 is 16.3. The summed E-state index contributed by atoms with van der Waals surface area (Å²) in [5.74, 6) is 0.192. The monoisotopic (exact) mass is 592 g/mol. The number of hydrogen-bond acceptors (Lipinski definition) is 8. The van der Waals surface area contributed by atoms with E-state index in [2.05, 4.69) is 23.2 Å². The van der Waals surface area contributed by atoms with E-state index in [4.69, 9.17) is 13.9 Å². The van der Waals surface area contributed by atoms with Crippen molar-refractivity contribution in [1.29, 1.82) is 0 Å². The quantitative estimate of drug-likeness (QED) is 0.0675. The number of cyclic esters (lactones) is 1. The van der Waals surface area contributed by atoms with Gasteiger partial charge in [0.25, 0.3) is 0 Å². The Morgan fingerprint density at radius 2 is 1.88 bits per heavy atom. The normalized spacial score (nSPS) is 18.7. The predicted molar refractivity (Wildman–Crippen MR) is 164 cm³/mol. The van der Waals surface area contributed by atoms with Gasteiger partial charge in [-0.05, 0) is 45.1 Å². The van der Waals surface area contributed by atoms with Gasteiger partial charge in [-0.15, -0.1) is 0 Å². The molecule has 0 radical (unpaired) electrons. The van der Waals surface area contributed by atoms with Crippen LogP contribution in [0.15, 0.2) is 71.1 Å². The van der Waals surface area contributed by atoms with Crippen molar-refractivity contribution in [3.05, 3.63) is 95.0 Å². The lowest BCUT2D eigenvalue weighted by atomic mass is 9.86. The molecule has 1 aliphatic heterocycles. The van der Waals surface area contributed by atoms with Gasteiger partial charge in [-0.2, -0.15) is 0 Å². The maximum atomic E-state index is 12.6. The minimum atomic E-state index is -1.04. The Morgan fingerprint density at radius 3 is 2.63 bits per heavy atom. The molecule has 43 heavy (non-hydrogen) atoms. The van der Waals surface area contributed by atoms with E-state index in [1.807, 2.05) is 32.1 Å². The Kier molecular flexibility index (Phi) is 12.4. The van der Waals surface area contributed by atoms with Crippen LogP contribution in [0.5, 0.6) is 5.75 Å². The van der Waals surface area contributed by atoms with E-state index in [1.165, 1.54) is 6.08 Å². The second kappa shape index (κ2) is 15.9. The first-order valence-corrected chi connectivity index (χ1v) is 14.6. The molecule has 0 spiro atoms. The molecule has 1 aromatic carbocycles. The van der Waals surface area contributed by atoms with E-state index in [1.54, 1.807) is 51.3 Å². The van der Waals surface area contributed by atoms with Gasteiger partial charge >= 0.3 is 5.97 Å². The van der Waals surface area contributed by atoms with Crippen LogP contribution in [0.4, 0.5) is 0 Å². The molecule has 9 nitrogen and oxygen atoms in total. The number of unbranched alkanes of at least 4 members (excludes halogenated alkanes) is 1. The van der Waals surface area contributed by atoms with E-state index in [0.717, 1.165) is 25.0 Å². The highest BCUT2D eigenvalue weighted by Crippen LogP contribution is 2.39. The third-order valence-electron chi connectivity index (χ3n) is 7.52. The maximum absolute atomic E-state index is 12.6. The number of aromatic hydroxyl groups is 1. The van der Waals surface area contributed by atoms with Gasteiger partial charge in [-0.25, -0.2) is 9.78 Å². The predicted octanol–water partition coefficient (Wildman–Crippen LogP) is 6.09. The number of rotatable bonds is 14. The van der Waals surface area contributed by atoms with Crippen molar-refractivity contribution in [3.8, 4) is 5.75 Å². The molecule has 232 valence electrons. The van der Waals surface area contributed by atoms with Gasteiger partial charge in [0.15, 0.2) is 5.89 Å². The molecule has 0 saturated carbocycles. The molecule has 4 atom stereocenters. The number of allylic oxidation sites excluding steroid dienone is 6. The van der Waals surface area contributed by atoms with Gasteiger partial charge in [-0.1, -0.05) is 62.4 Å². The number of nitrogens with zero attached hydrogens (tertiary/aromatic N) is 2. The fraction of sp³-hybridized carbons (Fsp3) is 0.441. The Balaban J connectivity index is 1.41. The van der Waals surface area contributed by atoms with E-state index in [0.29, 0.717) is 35.7 Å². The standard InChI is InChI=1S/C34H44N2O7/c1-22-16-17-27-29(30(22)38)34(40)43-32(31(27)39)24(3)19-26-21-42-33(35-26)23(2)15-13-11-9-7-8-10-12-14-18-36(5)28(37)20-25(4)41-6/h7,9,11-14,16-17,20-21,23-24,31-32,38-39H,8,10,15,18-19H2,1-6H3/b9-7-,13-11-,14-12+,25-20+/t23?,24-,31+,32-/m0/s1. The van der Waals surface area contributed by atoms with Crippen molar-refractivity contribution in [2.24, 2.45) is 5.92 Å². The second-order valence-electron chi connectivity index (χ2n) is 11.1. The van der Waals surface area contributed by atoms with Gasteiger partial charge in [0.2, 0.25) is 5.91 Å². The number of phenols is 1. The summed E-state index contributed by atoms with van der Waals surface area (Å²) in [6.45, 7) is 7.93. The van der Waals surface area contributed by atoms with Crippen LogP contribution in [0, 0.1) is 12.8 Å². The lowest BCUT2D eigenvalue weighted by molar-refractivity contribution is -0.124. The lowest BCUT2D eigenvalue weighted by Gasteiger charge is -2.33. The number of benzene rings is 1. The Labute approximate surface area is 254 Å². The van der Waals surface area contributed by atoms with Crippen molar-refractivity contribution < 1.29 is 33.7 Å². The van der Waals surface area contributed by atoms with Crippen molar-refractivity contribution >= 4 is 11.9 Å². The number of hydrogen-bond donors (Lipinski definition) is 2. The van der Waals surface area contributed by atoms with Crippen LogP contribution in [0.2, 0.25) is 0 Å². The van der Waals surface area contributed by atoms with E-state index in [-0.39, 0.29) is 29.1 Å². The van der Waals surface area contributed by atoms with Crippen LogP contribution in [0.1, 0.15) is 85.1 Å².